The maximum atomic E-state index is 13.7. The molecule has 3 nitrogen and oxygen atoms in total. The zero-order chi connectivity index (χ0) is 15.0. The summed E-state index contributed by atoms with van der Waals surface area (Å²) in [4.78, 5) is 8.99. The summed E-state index contributed by atoms with van der Waals surface area (Å²) in [6.45, 7) is 2.59. The summed E-state index contributed by atoms with van der Waals surface area (Å²) in [5.74, 6) is 1.01. The van der Waals surface area contributed by atoms with Gasteiger partial charge in [-0.05, 0) is 28.9 Å². The Kier molecular flexibility index (Phi) is 4.28. The molecule has 0 atom stereocenters. The van der Waals surface area contributed by atoms with Crippen LogP contribution >= 0.6 is 38.9 Å². The molecule has 0 amide bonds. The van der Waals surface area contributed by atoms with Crippen LogP contribution in [0.3, 0.4) is 0 Å². The Morgan fingerprint density at radius 3 is 2.86 bits per heavy atom. The van der Waals surface area contributed by atoms with Crippen molar-refractivity contribution in [3.05, 3.63) is 44.3 Å². The molecule has 1 aromatic carbocycles. The normalized spacial score (nSPS) is 11.4. The molecule has 0 bridgehead atoms. The second kappa shape index (κ2) is 6.02. The summed E-state index contributed by atoms with van der Waals surface area (Å²) in [5, 5.41) is 3.06. The van der Waals surface area contributed by atoms with Gasteiger partial charge in [-0.2, -0.15) is 0 Å². The lowest BCUT2D eigenvalue weighted by Gasteiger charge is -2.07. The van der Waals surface area contributed by atoms with Gasteiger partial charge in [0.2, 0.25) is 0 Å². The molecular weight excluding hydrogens is 377 g/mol. The average molecular weight is 389 g/mol. The molecule has 2 aromatic heterocycles. The monoisotopic (exact) mass is 387 g/mol. The van der Waals surface area contributed by atoms with Crippen molar-refractivity contribution in [2.45, 2.75) is 19.9 Å². The Labute approximate surface area is 138 Å². The fourth-order valence-electron chi connectivity index (χ4n) is 2.26. The summed E-state index contributed by atoms with van der Waals surface area (Å²) in [7, 11) is 0. The molecule has 0 unspecified atom stereocenters. The molecule has 3 aromatic rings. The quantitative estimate of drug-likeness (QED) is 0.615. The lowest BCUT2D eigenvalue weighted by Crippen LogP contribution is -2.06. The van der Waals surface area contributed by atoms with Crippen LogP contribution in [-0.4, -0.2) is 20.4 Å². The molecular formula is C14H12BrClFN3S. The van der Waals surface area contributed by atoms with E-state index in [2.05, 4.69) is 30.5 Å². The smallest absolute Gasteiger partial charge is 0.139 e. The van der Waals surface area contributed by atoms with E-state index in [1.165, 1.54) is 6.07 Å². The first-order valence-corrected chi connectivity index (χ1v) is 8.60. The van der Waals surface area contributed by atoms with E-state index in [1.807, 2.05) is 12.3 Å². The van der Waals surface area contributed by atoms with Gasteiger partial charge in [-0.15, -0.1) is 22.9 Å². The van der Waals surface area contributed by atoms with Crippen LogP contribution in [0.4, 0.5) is 4.39 Å². The molecule has 3 rings (SSSR count). The number of rotatable bonds is 4. The number of hydrogen-bond donors (Lipinski definition) is 0. The van der Waals surface area contributed by atoms with E-state index in [0.717, 1.165) is 22.0 Å². The van der Waals surface area contributed by atoms with Gasteiger partial charge < -0.3 is 4.57 Å². The first-order chi connectivity index (χ1) is 10.1. The first-order valence-electron chi connectivity index (χ1n) is 6.39. The summed E-state index contributed by atoms with van der Waals surface area (Å²) in [5.41, 5.74) is 2.50. The molecule has 7 heteroatoms. The number of thiazole rings is 1. The number of fused-ring (bicyclic) bond motifs is 1. The van der Waals surface area contributed by atoms with Gasteiger partial charge in [0.05, 0.1) is 32.8 Å². The van der Waals surface area contributed by atoms with Crippen molar-refractivity contribution < 1.29 is 4.39 Å². The molecule has 0 fully saturated rings. The molecule has 0 aliphatic rings. The largest absolute Gasteiger partial charge is 0.322 e. The van der Waals surface area contributed by atoms with Crippen LogP contribution < -0.4 is 0 Å². The standard InChI is InChI=1S/C14H12BrClFN3S/c1-8-18-9(7-21-8)6-20-13-4-10(15)11(17)5-12(13)19-14(20)2-3-16/h4-5,7H,2-3,6H2,1H3. The van der Waals surface area contributed by atoms with Crippen molar-refractivity contribution >= 4 is 49.9 Å². The Balaban J connectivity index is 2.12. The number of benzene rings is 1. The van der Waals surface area contributed by atoms with E-state index in [9.17, 15) is 4.39 Å². The van der Waals surface area contributed by atoms with Crippen molar-refractivity contribution in [1.82, 2.24) is 14.5 Å². The van der Waals surface area contributed by atoms with E-state index in [4.69, 9.17) is 11.6 Å². The zero-order valence-corrected chi connectivity index (χ0v) is 14.4. The van der Waals surface area contributed by atoms with Gasteiger partial charge in [0.15, 0.2) is 0 Å². The molecule has 0 saturated carbocycles. The third kappa shape index (κ3) is 2.98. The molecule has 0 aliphatic carbocycles. The van der Waals surface area contributed by atoms with Gasteiger partial charge in [0, 0.05) is 23.7 Å². The third-order valence-electron chi connectivity index (χ3n) is 3.17. The number of imidazole rings is 1. The van der Waals surface area contributed by atoms with E-state index < -0.39 is 0 Å². The highest BCUT2D eigenvalue weighted by Crippen LogP contribution is 2.25. The van der Waals surface area contributed by atoms with Crippen molar-refractivity contribution in [3.8, 4) is 0 Å². The highest BCUT2D eigenvalue weighted by Gasteiger charge is 2.14. The molecule has 21 heavy (non-hydrogen) atoms. The Bertz CT molecular complexity index is 799. The highest BCUT2D eigenvalue weighted by atomic mass is 79.9. The third-order valence-corrected chi connectivity index (χ3v) is 4.79. The molecule has 0 spiro atoms. The zero-order valence-electron chi connectivity index (χ0n) is 11.2. The van der Waals surface area contributed by atoms with Crippen LogP contribution in [0, 0.1) is 12.7 Å². The lowest BCUT2D eigenvalue weighted by atomic mass is 10.3. The van der Waals surface area contributed by atoms with Crippen LogP contribution in [-0.2, 0) is 13.0 Å². The van der Waals surface area contributed by atoms with Crippen molar-refractivity contribution in [3.63, 3.8) is 0 Å². The summed E-state index contributed by atoms with van der Waals surface area (Å²) in [6.07, 6.45) is 0.637. The molecule has 0 saturated heterocycles. The predicted octanol–water partition coefficient (Wildman–Crippen LogP) is 4.53. The molecule has 0 radical (unpaired) electrons. The molecule has 0 aliphatic heterocycles. The van der Waals surface area contributed by atoms with Crippen LogP contribution in [0.1, 0.15) is 16.5 Å². The minimum atomic E-state index is -0.311. The molecule has 0 N–H and O–H groups in total. The molecule has 110 valence electrons. The number of alkyl halides is 1. The van der Waals surface area contributed by atoms with Crippen molar-refractivity contribution in [2.75, 3.05) is 5.88 Å². The second-order valence-electron chi connectivity index (χ2n) is 4.67. The van der Waals surface area contributed by atoms with Gasteiger partial charge in [-0.3, -0.25) is 0 Å². The van der Waals surface area contributed by atoms with E-state index in [0.29, 0.717) is 28.8 Å². The van der Waals surface area contributed by atoms with Crippen LogP contribution in [0.15, 0.2) is 22.0 Å². The fraction of sp³-hybridized carbons (Fsp3) is 0.286. The Morgan fingerprint density at radius 2 is 2.19 bits per heavy atom. The average Bonchev–Trinajstić information content (AvgIpc) is 2.97. The van der Waals surface area contributed by atoms with Gasteiger partial charge in [-0.1, -0.05) is 0 Å². The van der Waals surface area contributed by atoms with Gasteiger partial charge in [-0.25, -0.2) is 14.4 Å². The van der Waals surface area contributed by atoms with Crippen LogP contribution in [0.5, 0.6) is 0 Å². The van der Waals surface area contributed by atoms with Crippen LogP contribution in [0.2, 0.25) is 0 Å². The van der Waals surface area contributed by atoms with Crippen molar-refractivity contribution in [1.29, 1.82) is 0 Å². The number of aryl methyl sites for hydroxylation is 2. The fourth-order valence-corrected chi connectivity index (χ4v) is 3.37. The van der Waals surface area contributed by atoms with E-state index in [-0.39, 0.29) is 5.82 Å². The minimum Gasteiger partial charge on any atom is -0.322 e. The lowest BCUT2D eigenvalue weighted by molar-refractivity contribution is 0.622. The SMILES string of the molecule is Cc1nc(Cn2c(CCCl)nc3cc(F)c(Br)cc32)cs1. The second-order valence-corrected chi connectivity index (χ2v) is 6.96. The van der Waals surface area contributed by atoms with E-state index in [1.54, 1.807) is 17.4 Å². The number of aromatic nitrogens is 3. The van der Waals surface area contributed by atoms with Gasteiger partial charge in [0.25, 0.3) is 0 Å². The van der Waals surface area contributed by atoms with Gasteiger partial charge in [0.1, 0.15) is 11.6 Å². The maximum Gasteiger partial charge on any atom is 0.139 e. The number of halogens is 3. The highest BCUT2D eigenvalue weighted by molar-refractivity contribution is 9.10. The Hall–Kier alpha value is -0.980. The minimum absolute atomic E-state index is 0.311. The summed E-state index contributed by atoms with van der Waals surface area (Å²) >= 11 is 10.7. The summed E-state index contributed by atoms with van der Waals surface area (Å²) < 4.78 is 16.2. The van der Waals surface area contributed by atoms with Crippen molar-refractivity contribution in [2.24, 2.45) is 0 Å². The molecule has 2 heterocycles. The maximum absolute atomic E-state index is 13.7. The Morgan fingerprint density at radius 1 is 1.38 bits per heavy atom. The summed E-state index contributed by atoms with van der Waals surface area (Å²) in [6, 6.07) is 3.20. The first kappa shape index (κ1) is 14.9. The van der Waals surface area contributed by atoms with E-state index >= 15 is 0 Å². The topological polar surface area (TPSA) is 30.7 Å². The predicted molar refractivity (Wildman–Crippen MR) is 87.8 cm³/mol. The van der Waals surface area contributed by atoms with Crippen LogP contribution in [0.25, 0.3) is 11.0 Å². The number of nitrogens with zero attached hydrogens (tertiary/aromatic N) is 3. The number of hydrogen-bond acceptors (Lipinski definition) is 3. The van der Waals surface area contributed by atoms with Gasteiger partial charge >= 0.3 is 0 Å².